The summed E-state index contributed by atoms with van der Waals surface area (Å²) in [6.07, 6.45) is 5.61. The van der Waals surface area contributed by atoms with Crippen molar-refractivity contribution in [2.75, 3.05) is 35.2 Å². The fourth-order valence-corrected chi connectivity index (χ4v) is 2.60. The summed E-state index contributed by atoms with van der Waals surface area (Å²) in [6, 6.07) is 1.61. The molecule has 1 aliphatic rings. The van der Waals surface area contributed by atoms with Gasteiger partial charge in [0, 0.05) is 6.42 Å². The van der Waals surface area contributed by atoms with E-state index in [2.05, 4.69) is 40.1 Å². The van der Waals surface area contributed by atoms with E-state index in [0.29, 0.717) is 0 Å². The maximum atomic E-state index is 2.41. The quantitative estimate of drug-likeness (QED) is 0.590. The van der Waals surface area contributed by atoms with E-state index >= 15 is 0 Å². The predicted octanol–water partition coefficient (Wildman–Crippen LogP) is 1.57. The van der Waals surface area contributed by atoms with Crippen LogP contribution < -0.4 is 0 Å². The number of hydrogen-bond donors (Lipinski definition) is 0. The highest BCUT2D eigenvalue weighted by molar-refractivity contribution is 4.81. The van der Waals surface area contributed by atoms with Gasteiger partial charge in [-0.3, -0.25) is 0 Å². The molecule has 1 saturated carbocycles. The Kier molecular flexibility index (Phi) is 3.36. The molecule has 0 N–H and O–H groups in total. The first kappa shape index (κ1) is 11.0. The first-order valence-electron chi connectivity index (χ1n) is 5.40. The van der Waals surface area contributed by atoms with Crippen LogP contribution in [0.5, 0.6) is 0 Å². The third-order valence-electron chi connectivity index (χ3n) is 3.35. The van der Waals surface area contributed by atoms with Gasteiger partial charge in [-0.25, -0.2) is 0 Å². The second kappa shape index (κ2) is 3.97. The van der Waals surface area contributed by atoms with Gasteiger partial charge < -0.3 is 9.38 Å². The van der Waals surface area contributed by atoms with Crippen LogP contribution in [0.1, 0.15) is 25.7 Å². The second-order valence-electron chi connectivity index (χ2n) is 5.50. The third-order valence-corrected chi connectivity index (χ3v) is 3.35. The fraction of sp³-hybridized carbons (Fsp3) is 1.00. The Bertz CT molecular complexity index is 158. The van der Waals surface area contributed by atoms with Crippen LogP contribution in [-0.4, -0.2) is 56.7 Å². The summed E-state index contributed by atoms with van der Waals surface area (Å²) in [5.41, 5.74) is 0. The molecule has 0 radical (unpaired) electrons. The minimum atomic E-state index is 0.786. The average molecular weight is 185 g/mol. The first-order valence-corrected chi connectivity index (χ1v) is 5.40. The van der Waals surface area contributed by atoms with Crippen LogP contribution in [0.3, 0.4) is 0 Å². The topological polar surface area (TPSA) is 3.24 Å². The predicted molar refractivity (Wildman–Crippen MR) is 57.8 cm³/mol. The van der Waals surface area contributed by atoms with E-state index in [9.17, 15) is 0 Å². The molecule has 2 atom stereocenters. The number of hydrogen-bond acceptors (Lipinski definition) is 1. The summed E-state index contributed by atoms with van der Waals surface area (Å²) in [7, 11) is 11.4. The molecule has 0 bridgehead atoms. The molecule has 2 nitrogen and oxygen atoms in total. The standard InChI is InChI=1S/C11H25N2/c1-12(2)10-8-6-7-9-11(10)13(3,4)5/h10-11H,6-9H2,1-5H3/q+1/t10-,11-/m1/s1. The van der Waals surface area contributed by atoms with Crippen LogP contribution in [0.4, 0.5) is 0 Å². The Balaban J connectivity index is 2.67. The minimum absolute atomic E-state index is 0.786. The summed E-state index contributed by atoms with van der Waals surface area (Å²) >= 11 is 0. The van der Waals surface area contributed by atoms with Crippen molar-refractivity contribution in [2.45, 2.75) is 37.8 Å². The molecule has 0 saturated heterocycles. The van der Waals surface area contributed by atoms with E-state index in [1.165, 1.54) is 25.7 Å². The summed E-state index contributed by atoms with van der Waals surface area (Å²) in [6.45, 7) is 0. The van der Waals surface area contributed by atoms with Gasteiger partial charge in [0.1, 0.15) is 6.04 Å². The van der Waals surface area contributed by atoms with Crippen LogP contribution in [-0.2, 0) is 0 Å². The van der Waals surface area contributed by atoms with Gasteiger partial charge in [0.15, 0.2) is 0 Å². The highest BCUT2D eigenvalue weighted by Crippen LogP contribution is 2.27. The number of likely N-dealkylation sites (N-methyl/N-ethyl adjacent to an activating group) is 2. The lowest BCUT2D eigenvalue weighted by Crippen LogP contribution is -2.57. The third kappa shape index (κ3) is 2.68. The molecule has 2 heteroatoms. The first-order chi connectivity index (χ1) is 5.93. The molecule has 1 rings (SSSR count). The largest absolute Gasteiger partial charge is 0.327 e. The molecule has 0 unspecified atom stereocenters. The lowest BCUT2D eigenvalue weighted by molar-refractivity contribution is -0.899. The maximum absolute atomic E-state index is 2.41. The van der Waals surface area contributed by atoms with Gasteiger partial charge in [0.05, 0.1) is 27.2 Å². The summed E-state index contributed by atoms with van der Waals surface area (Å²) < 4.78 is 1.11. The molecule has 78 valence electrons. The highest BCUT2D eigenvalue weighted by atomic mass is 15.3. The van der Waals surface area contributed by atoms with E-state index in [-0.39, 0.29) is 0 Å². The molecule has 13 heavy (non-hydrogen) atoms. The fourth-order valence-electron chi connectivity index (χ4n) is 2.60. The lowest BCUT2D eigenvalue weighted by Gasteiger charge is -2.44. The molecule has 0 aromatic rings. The monoisotopic (exact) mass is 185 g/mol. The van der Waals surface area contributed by atoms with Crippen LogP contribution in [0.15, 0.2) is 0 Å². The molecule has 0 aromatic heterocycles. The van der Waals surface area contributed by atoms with Crippen LogP contribution >= 0.6 is 0 Å². The summed E-state index contributed by atoms with van der Waals surface area (Å²) in [5, 5.41) is 0. The lowest BCUT2D eigenvalue weighted by atomic mass is 9.88. The minimum Gasteiger partial charge on any atom is -0.327 e. The Morgan fingerprint density at radius 1 is 1.00 bits per heavy atom. The van der Waals surface area contributed by atoms with Crippen molar-refractivity contribution in [3.63, 3.8) is 0 Å². The zero-order valence-electron chi connectivity index (χ0n) is 9.88. The maximum Gasteiger partial charge on any atom is 0.104 e. The van der Waals surface area contributed by atoms with Crippen molar-refractivity contribution in [2.24, 2.45) is 0 Å². The van der Waals surface area contributed by atoms with E-state index in [4.69, 9.17) is 0 Å². The summed E-state index contributed by atoms with van der Waals surface area (Å²) in [5.74, 6) is 0. The van der Waals surface area contributed by atoms with Crippen molar-refractivity contribution < 1.29 is 4.48 Å². The normalized spacial score (nSPS) is 30.9. The van der Waals surface area contributed by atoms with Gasteiger partial charge in [0.25, 0.3) is 0 Å². The van der Waals surface area contributed by atoms with E-state index in [1.807, 2.05) is 0 Å². The van der Waals surface area contributed by atoms with Gasteiger partial charge >= 0.3 is 0 Å². The molecule has 0 aliphatic heterocycles. The summed E-state index contributed by atoms with van der Waals surface area (Å²) in [4.78, 5) is 2.41. The van der Waals surface area contributed by atoms with Crippen molar-refractivity contribution >= 4 is 0 Å². The van der Waals surface area contributed by atoms with E-state index < -0.39 is 0 Å². The van der Waals surface area contributed by atoms with Crippen LogP contribution in [0, 0.1) is 0 Å². The SMILES string of the molecule is CN(C)[C@@H]1CCCC[C@H]1[N+](C)(C)C. The molecular formula is C11H25N2+. The van der Waals surface area contributed by atoms with Crippen molar-refractivity contribution in [3.05, 3.63) is 0 Å². The Hall–Kier alpha value is -0.0800. The Labute approximate surface area is 83.1 Å². The molecule has 0 spiro atoms. The number of nitrogens with zero attached hydrogens (tertiary/aromatic N) is 2. The van der Waals surface area contributed by atoms with Gasteiger partial charge in [-0.1, -0.05) is 6.42 Å². The number of quaternary nitrogens is 1. The van der Waals surface area contributed by atoms with E-state index in [1.54, 1.807) is 0 Å². The molecule has 1 aliphatic carbocycles. The molecule has 0 amide bonds. The zero-order chi connectivity index (χ0) is 10.1. The molecule has 1 fully saturated rings. The zero-order valence-corrected chi connectivity index (χ0v) is 9.88. The Morgan fingerprint density at radius 3 is 1.92 bits per heavy atom. The van der Waals surface area contributed by atoms with Crippen LogP contribution in [0.25, 0.3) is 0 Å². The van der Waals surface area contributed by atoms with Gasteiger partial charge in [-0.2, -0.15) is 0 Å². The van der Waals surface area contributed by atoms with Crippen molar-refractivity contribution in [1.82, 2.24) is 4.90 Å². The highest BCUT2D eigenvalue weighted by Gasteiger charge is 2.35. The molecular weight excluding hydrogens is 160 g/mol. The van der Waals surface area contributed by atoms with E-state index in [0.717, 1.165) is 16.6 Å². The molecule has 0 aromatic carbocycles. The second-order valence-corrected chi connectivity index (χ2v) is 5.50. The average Bonchev–Trinajstić information content (AvgIpc) is 2.03. The number of rotatable bonds is 2. The van der Waals surface area contributed by atoms with Crippen molar-refractivity contribution in [3.8, 4) is 0 Å². The van der Waals surface area contributed by atoms with Gasteiger partial charge in [-0.05, 0) is 26.9 Å². The van der Waals surface area contributed by atoms with Crippen molar-refractivity contribution in [1.29, 1.82) is 0 Å². The van der Waals surface area contributed by atoms with Gasteiger partial charge in [-0.15, -0.1) is 0 Å². The Morgan fingerprint density at radius 2 is 1.54 bits per heavy atom. The smallest absolute Gasteiger partial charge is 0.104 e. The van der Waals surface area contributed by atoms with Gasteiger partial charge in [0.2, 0.25) is 0 Å². The molecule has 0 heterocycles. The van der Waals surface area contributed by atoms with Crippen LogP contribution in [0.2, 0.25) is 0 Å².